The standard InChI is InChI=1S/C10H2.CH4I.FH.HPS/c1-3-5-7-9-10-8-6-4-2;1-2;;1-2/h1-2H;2H,1H3;1H;1H/q;-1;;/p-1/i1T;2T;;. The second-order valence-electron chi connectivity index (χ2n) is 1.02. The summed E-state index contributed by atoms with van der Waals surface area (Å²) in [5.41, 5.74) is 0. The first kappa shape index (κ1) is 16.4. The van der Waals surface area contributed by atoms with E-state index in [0.29, 0.717) is 0 Å². The van der Waals surface area contributed by atoms with E-state index in [0.717, 1.165) is 0 Å². The normalized spacial score (nSPS) is 4.53. The van der Waals surface area contributed by atoms with Gasteiger partial charge in [0, 0.05) is 0 Å². The Bertz CT molecular complexity index is 443. The number of terminal acetylenes is 2. The summed E-state index contributed by atoms with van der Waals surface area (Å²) in [4.78, 5) is 1.90. The van der Waals surface area contributed by atoms with Gasteiger partial charge in [0.2, 0.25) is 0 Å². The minimum atomic E-state index is -0.160. The summed E-state index contributed by atoms with van der Waals surface area (Å²) >= 11 is 3.73. The van der Waals surface area contributed by atoms with Crippen molar-refractivity contribution in [2.24, 2.45) is 0 Å². The molecule has 4 heteroatoms. The van der Waals surface area contributed by atoms with Crippen LogP contribution in [0.3, 0.4) is 0 Å². The van der Waals surface area contributed by atoms with Gasteiger partial charge in [0.15, 0.2) is 0 Å². The molecule has 0 aromatic heterocycles. The van der Waals surface area contributed by atoms with Crippen LogP contribution >= 0.6 is 8.02 Å². The number of rotatable bonds is 0. The van der Waals surface area contributed by atoms with Gasteiger partial charge in [0.1, 0.15) is 1.37 Å². The van der Waals surface area contributed by atoms with Crippen molar-refractivity contribution >= 4 is 19.8 Å². The molecule has 0 heterocycles. The fraction of sp³-hybridized carbons (Fsp3) is 0.0909. The van der Waals surface area contributed by atoms with Gasteiger partial charge in [-0.3, -0.25) is 0 Å². The molecule has 0 nitrogen and oxygen atoms in total. The fourth-order valence-electron chi connectivity index (χ4n) is 0.192. The van der Waals surface area contributed by atoms with Gasteiger partial charge in [-0.2, -0.15) is 0 Å². The SMILES string of the molecule is P=S.[3H]C#CC#CC#CC#CC#C.[3H][I-]C.[F-]. The van der Waals surface area contributed by atoms with Crippen LogP contribution in [-0.4, -0.2) is 5.52 Å². The summed E-state index contributed by atoms with van der Waals surface area (Å²) in [7, 11) is 2.56. The average Bonchev–Trinajstić information content (AvgIpc) is 2.32. The third-order valence-electron chi connectivity index (χ3n) is 0.447. The van der Waals surface area contributed by atoms with Crippen LogP contribution in [0.4, 0.5) is 0 Å². The van der Waals surface area contributed by atoms with Gasteiger partial charge < -0.3 is 4.70 Å². The van der Waals surface area contributed by atoms with E-state index in [1.54, 1.807) is 0 Å². The van der Waals surface area contributed by atoms with Gasteiger partial charge in [-0.15, -0.1) is 12.8 Å². The molecular weight excluding hydrogens is 341 g/mol. The van der Waals surface area contributed by atoms with Crippen LogP contribution in [-0.2, 0) is 11.8 Å². The van der Waals surface area contributed by atoms with E-state index in [1.165, 1.54) is 0 Å². The molecule has 78 valence electrons. The maximum absolute atomic E-state index is 6.38. The van der Waals surface area contributed by atoms with Gasteiger partial charge in [-0.05, 0) is 55.4 Å². The smallest absolute Gasteiger partial charge is 1.00 e. The molecule has 0 N–H and O–H groups in total. The second-order valence-corrected chi connectivity index (χ2v) is 1.02. The molecule has 0 spiro atoms. The average molecular weight is 352 g/mol. The molecule has 0 rings (SSSR count). The van der Waals surface area contributed by atoms with Crippen molar-refractivity contribution in [3.05, 3.63) is 0 Å². The summed E-state index contributed by atoms with van der Waals surface area (Å²) in [5.74, 6) is 18.4. The number of hydrogen-bond donors (Lipinski definition) is 0. The van der Waals surface area contributed by atoms with Crippen molar-refractivity contribution in [3.63, 3.8) is 0 Å². The summed E-state index contributed by atoms with van der Waals surface area (Å²) in [6.45, 7) is 0. The van der Waals surface area contributed by atoms with E-state index in [2.05, 4.69) is 67.2 Å². The second kappa shape index (κ2) is 38.2. The van der Waals surface area contributed by atoms with Gasteiger partial charge in [-0.1, -0.05) is 11.8 Å². The molecule has 0 amide bonds. The van der Waals surface area contributed by atoms with Gasteiger partial charge in [0.25, 0.3) is 0 Å². The van der Waals surface area contributed by atoms with Crippen LogP contribution in [0.25, 0.3) is 0 Å². The molecule has 0 aliphatic carbocycles. The van der Waals surface area contributed by atoms with Crippen LogP contribution in [0.1, 0.15) is 1.37 Å². The number of hydrogen-bond acceptors (Lipinski definition) is 1. The van der Waals surface area contributed by atoms with Crippen molar-refractivity contribution in [2.75, 3.05) is 4.93 Å². The van der Waals surface area contributed by atoms with E-state index in [1.807, 2.05) is 11.3 Å². The molecule has 0 bridgehead atoms. The van der Waals surface area contributed by atoms with E-state index in [-0.39, 0.29) is 27.1 Å². The molecule has 0 aromatic carbocycles. The monoisotopic (exact) mass is 352 g/mol. The van der Waals surface area contributed by atoms with Crippen molar-refractivity contribution < 1.29 is 28.5 Å². The fourth-order valence-corrected chi connectivity index (χ4v) is 0.192. The Kier molecular flexibility index (Phi) is 41.8. The van der Waals surface area contributed by atoms with Gasteiger partial charge >= 0.3 is 27.9 Å². The quantitative estimate of drug-likeness (QED) is 0.182. The minimum absolute atomic E-state index is 0. The summed E-state index contributed by atoms with van der Waals surface area (Å²) < 4.78 is 12.7. The van der Waals surface area contributed by atoms with Crippen molar-refractivity contribution in [2.45, 2.75) is 0 Å². The summed E-state index contributed by atoms with van der Waals surface area (Å²) in [6, 6.07) is 0. The molecule has 0 saturated carbocycles. The van der Waals surface area contributed by atoms with E-state index in [9.17, 15) is 0 Å². The first-order chi connectivity index (χ1) is 7.83. The Labute approximate surface area is 114 Å². The van der Waals surface area contributed by atoms with Gasteiger partial charge in [0.05, 0.1) is 0 Å². The zero-order valence-corrected chi connectivity index (χ0v) is 11.7. The maximum atomic E-state index is 6.38. The van der Waals surface area contributed by atoms with Crippen molar-refractivity contribution in [3.8, 4) is 60.2 Å². The molecule has 0 aliphatic heterocycles. The zero-order chi connectivity index (χ0) is 13.1. The van der Waals surface area contributed by atoms with Crippen LogP contribution in [0.2, 0.25) is 0 Å². The van der Waals surface area contributed by atoms with E-state index < -0.39 is 0 Å². The summed E-state index contributed by atoms with van der Waals surface area (Å²) in [5, 5.41) is 0. The number of alkyl halides is 1. The molecular formula is C11H7FIPS-2. The molecule has 0 unspecified atom stereocenters. The van der Waals surface area contributed by atoms with Crippen molar-refractivity contribution in [1.29, 1.82) is 0.594 Å². The first-order valence-electron chi connectivity index (χ1n) is 3.75. The predicted molar refractivity (Wildman–Crippen MR) is 64.0 cm³/mol. The molecule has 0 aromatic rings. The van der Waals surface area contributed by atoms with E-state index >= 15 is 0 Å². The Morgan fingerprint density at radius 3 is 1.80 bits per heavy atom. The Balaban J connectivity index is -0.000000122. The molecule has 0 radical (unpaired) electrons. The first-order valence-corrected chi connectivity index (χ1v) is 6.66. The van der Waals surface area contributed by atoms with Crippen LogP contribution in [0, 0.1) is 60.2 Å². The molecule has 0 fully saturated rings. The van der Waals surface area contributed by atoms with E-state index in [4.69, 9.17) is 8.39 Å². The van der Waals surface area contributed by atoms with Gasteiger partial charge in [-0.25, -0.2) is 0 Å². The Morgan fingerprint density at radius 2 is 1.47 bits per heavy atom. The third kappa shape index (κ3) is 43.8. The third-order valence-corrected chi connectivity index (χ3v) is 0.447. The van der Waals surface area contributed by atoms with Crippen LogP contribution < -0.4 is 27.1 Å². The minimum Gasteiger partial charge on any atom is -1.00 e. The molecule has 0 aliphatic rings. The Hall–Kier alpha value is -1.02. The zero-order valence-electron chi connectivity index (χ0n) is 9.74. The molecule has 0 atom stereocenters. The Morgan fingerprint density at radius 1 is 1.13 bits per heavy atom. The predicted octanol–water partition coefficient (Wildman–Crippen LogP) is -5.24. The van der Waals surface area contributed by atoms with Crippen molar-refractivity contribution in [1.82, 2.24) is 0 Å². The summed E-state index contributed by atoms with van der Waals surface area (Å²) in [6.07, 6.45) is 6.68. The van der Waals surface area contributed by atoms with Crippen LogP contribution in [0.5, 0.6) is 0 Å². The molecule has 0 saturated heterocycles. The maximum Gasteiger partial charge on any atom is -1.00 e. The van der Waals surface area contributed by atoms with Crippen LogP contribution in [0.15, 0.2) is 0 Å². The topological polar surface area (TPSA) is 0 Å². The largest absolute Gasteiger partial charge is 1.00 e. The molecule has 15 heavy (non-hydrogen) atoms. The number of halogens is 2.